The van der Waals surface area contributed by atoms with Crippen LogP contribution in [-0.2, 0) is 12.3 Å². The molecule has 8 heteroatoms. The number of nitrogens with zero attached hydrogens (tertiary/aromatic N) is 3. The maximum Gasteiger partial charge on any atom is 0.137 e. The van der Waals surface area contributed by atoms with E-state index in [1.165, 1.54) is 24.2 Å². The average Bonchev–Trinajstić information content (AvgIpc) is 3.06. The van der Waals surface area contributed by atoms with E-state index in [4.69, 9.17) is 34.8 Å². The van der Waals surface area contributed by atoms with Gasteiger partial charge in [0.25, 0.3) is 0 Å². The van der Waals surface area contributed by atoms with E-state index in [0.717, 1.165) is 5.56 Å². The van der Waals surface area contributed by atoms with Crippen molar-refractivity contribution in [3.63, 3.8) is 0 Å². The van der Waals surface area contributed by atoms with Crippen molar-refractivity contribution in [1.82, 2.24) is 14.8 Å². The number of hydrogen-bond donors (Lipinski definition) is 0. The summed E-state index contributed by atoms with van der Waals surface area (Å²) in [5.41, 5.74) is 1.38. The van der Waals surface area contributed by atoms with Crippen molar-refractivity contribution >= 4 is 46.6 Å². The summed E-state index contributed by atoms with van der Waals surface area (Å²) < 4.78 is 15.8. The summed E-state index contributed by atoms with van der Waals surface area (Å²) >= 11 is 20.0. The van der Waals surface area contributed by atoms with Crippen molar-refractivity contribution in [2.75, 3.05) is 0 Å². The van der Waals surface area contributed by atoms with Crippen molar-refractivity contribution < 1.29 is 4.39 Å². The molecular formula is C17H13Cl3FN3S. The predicted octanol–water partition coefficient (Wildman–Crippen LogP) is 6.05. The number of thioether (sulfide) groups is 1. The van der Waals surface area contributed by atoms with Gasteiger partial charge in [0.1, 0.15) is 18.5 Å². The van der Waals surface area contributed by atoms with Gasteiger partial charge in [0.2, 0.25) is 0 Å². The first-order chi connectivity index (χ1) is 12.0. The summed E-state index contributed by atoms with van der Waals surface area (Å²) in [4.78, 5) is 3.96. The van der Waals surface area contributed by atoms with Gasteiger partial charge < -0.3 is 0 Å². The second-order valence-electron chi connectivity index (χ2n) is 5.28. The summed E-state index contributed by atoms with van der Waals surface area (Å²) in [5.74, 6) is 0.0887. The largest absolute Gasteiger partial charge is 0.252 e. The van der Waals surface area contributed by atoms with E-state index in [0.29, 0.717) is 32.9 Å². The van der Waals surface area contributed by atoms with Crippen LogP contribution in [0.4, 0.5) is 4.39 Å². The average molecular weight is 417 g/mol. The Morgan fingerprint density at radius 3 is 2.64 bits per heavy atom. The van der Waals surface area contributed by atoms with E-state index in [2.05, 4.69) is 10.1 Å². The van der Waals surface area contributed by atoms with Gasteiger partial charge in [-0.25, -0.2) is 9.37 Å². The van der Waals surface area contributed by atoms with E-state index in [1.807, 2.05) is 6.07 Å². The third kappa shape index (κ3) is 4.67. The lowest BCUT2D eigenvalue weighted by Gasteiger charge is -2.19. The topological polar surface area (TPSA) is 30.7 Å². The molecule has 3 nitrogen and oxygen atoms in total. The first-order valence-corrected chi connectivity index (χ1v) is 9.54. The smallest absolute Gasteiger partial charge is 0.137 e. The number of halogens is 4. The molecule has 130 valence electrons. The molecule has 1 unspecified atom stereocenters. The molecule has 1 aromatic heterocycles. The van der Waals surface area contributed by atoms with Crippen LogP contribution < -0.4 is 0 Å². The molecule has 0 saturated carbocycles. The van der Waals surface area contributed by atoms with Gasteiger partial charge in [-0.05, 0) is 29.8 Å². The first-order valence-electron chi connectivity index (χ1n) is 7.36. The Kier molecular flexibility index (Phi) is 6.23. The summed E-state index contributed by atoms with van der Waals surface area (Å²) in [6.07, 6.45) is 3.10. The molecule has 0 aliphatic rings. The molecule has 1 atom stereocenters. The Hall–Kier alpha value is -1.27. The van der Waals surface area contributed by atoms with Crippen molar-refractivity contribution in [1.29, 1.82) is 0 Å². The summed E-state index contributed by atoms with van der Waals surface area (Å²) in [5, 5.41) is 5.61. The van der Waals surface area contributed by atoms with Gasteiger partial charge in [-0.1, -0.05) is 46.9 Å². The maximum atomic E-state index is 14.0. The number of hydrogen-bond acceptors (Lipinski definition) is 3. The fraction of sp³-hybridized carbons (Fsp3) is 0.176. The van der Waals surface area contributed by atoms with Crippen LogP contribution in [0.5, 0.6) is 0 Å². The highest BCUT2D eigenvalue weighted by Crippen LogP contribution is 2.39. The molecular weight excluding hydrogens is 404 g/mol. The van der Waals surface area contributed by atoms with E-state index < -0.39 is 0 Å². The lowest BCUT2D eigenvalue weighted by Crippen LogP contribution is -2.08. The zero-order valence-corrected chi connectivity index (χ0v) is 16.0. The van der Waals surface area contributed by atoms with Crippen molar-refractivity contribution in [3.05, 3.63) is 81.1 Å². The van der Waals surface area contributed by atoms with Gasteiger partial charge >= 0.3 is 0 Å². The lowest BCUT2D eigenvalue weighted by atomic mass is 10.1. The van der Waals surface area contributed by atoms with E-state index in [-0.39, 0.29) is 11.1 Å². The minimum absolute atomic E-state index is 0.0675. The summed E-state index contributed by atoms with van der Waals surface area (Å²) in [6, 6.07) is 10.0. The normalized spacial score (nSPS) is 12.3. The van der Waals surface area contributed by atoms with Crippen LogP contribution in [0.15, 0.2) is 49.1 Å². The highest BCUT2D eigenvalue weighted by molar-refractivity contribution is 7.98. The SMILES string of the molecule is Fc1cccc(Cl)c1CSC(Cn1cncn1)c1ccc(Cl)cc1Cl. The summed E-state index contributed by atoms with van der Waals surface area (Å²) in [7, 11) is 0. The number of benzene rings is 2. The zero-order valence-electron chi connectivity index (χ0n) is 12.9. The standard InChI is InChI=1S/C17H13Cl3FN3S/c18-11-4-5-12(15(20)6-11)17(7-24-10-22-9-23-24)25-8-13-14(19)2-1-3-16(13)21/h1-6,9-10,17H,7-8H2. The molecule has 0 spiro atoms. The highest BCUT2D eigenvalue weighted by Gasteiger charge is 2.19. The predicted molar refractivity (Wildman–Crippen MR) is 102 cm³/mol. The summed E-state index contributed by atoms with van der Waals surface area (Å²) in [6.45, 7) is 0.540. The first kappa shape index (κ1) is 18.5. The van der Waals surface area contributed by atoms with E-state index in [1.54, 1.807) is 35.3 Å². The molecule has 0 radical (unpaired) electrons. The van der Waals surface area contributed by atoms with Crippen molar-refractivity contribution in [2.45, 2.75) is 17.5 Å². The molecule has 0 N–H and O–H groups in total. The highest BCUT2D eigenvalue weighted by atomic mass is 35.5. The van der Waals surface area contributed by atoms with Gasteiger partial charge in [-0.3, -0.25) is 4.68 Å². The van der Waals surface area contributed by atoms with Crippen LogP contribution >= 0.6 is 46.6 Å². The third-order valence-electron chi connectivity index (χ3n) is 3.62. The lowest BCUT2D eigenvalue weighted by molar-refractivity contribution is 0.603. The Bertz CT molecular complexity index is 838. The molecule has 0 aliphatic carbocycles. The Morgan fingerprint density at radius 1 is 1.12 bits per heavy atom. The Balaban J connectivity index is 1.86. The molecule has 3 aromatic rings. The van der Waals surface area contributed by atoms with E-state index >= 15 is 0 Å². The molecule has 0 bridgehead atoms. The molecule has 1 heterocycles. The van der Waals surface area contributed by atoms with Crippen LogP contribution in [0.3, 0.4) is 0 Å². The fourth-order valence-electron chi connectivity index (χ4n) is 2.35. The second-order valence-corrected chi connectivity index (χ2v) is 7.73. The quantitative estimate of drug-likeness (QED) is 0.490. The Labute approximate surface area is 164 Å². The van der Waals surface area contributed by atoms with Crippen molar-refractivity contribution in [2.24, 2.45) is 0 Å². The molecule has 0 amide bonds. The van der Waals surface area contributed by atoms with Gasteiger partial charge in [0.15, 0.2) is 0 Å². The van der Waals surface area contributed by atoms with Crippen LogP contribution in [0.1, 0.15) is 16.4 Å². The monoisotopic (exact) mass is 415 g/mol. The van der Waals surface area contributed by atoms with Gasteiger partial charge in [-0.15, -0.1) is 11.8 Å². The fourth-order valence-corrected chi connectivity index (χ4v) is 4.57. The van der Waals surface area contributed by atoms with Crippen LogP contribution in [0.2, 0.25) is 15.1 Å². The number of aromatic nitrogens is 3. The molecule has 0 saturated heterocycles. The molecule has 3 rings (SSSR count). The van der Waals surface area contributed by atoms with Crippen LogP contribution in [0.25, 0.3) is 0 Å². The number of rotatable bonds is 6. The molecule has 25 heavy (non-hydrogen) atoms. The van der Waals surface area contributed by atoms with Gasteiger partial charge in [-0.2, -0.15) is 5.10 Å². The van der Waals surface area contributed by atoms with E-state index in [9.17, 15) is 4.39 Å². The third-order valence-corrected chi connectivity index (χ3v) is 5.80. The minimum atomic E-state index is -0.318. The van der Waals surface area contributed by atoms with Crippen LogP contribution in [-0.4, -0.2) is 14.8 Å². The molecule has 0 aliphatic heterocycles. The molecule has 0 fully saturated rings. The van der Waals surface area contributed by atoms with Crippen LogP contribution in [0, 0.1) is 5.82 Å². The van der Waals surface area contributed by atoms with Gasteiger partial charge in [0, 0.05) is 26.4 Å². The second kappa shape index (κ2) is 8.41. The van der Waals surface area contributed by atoms with Crippen molar-refractivity contribution in [3.8, 4) is 0 Å². The Morgan fingerprint density at radius 2 is 1.96 bits per heavy atom. The zero-order chi connectivity index (χ0) is 17.8. The van der Waals surface area contributed by atoms with Gasteiger partial charge in [0.05, 0.1) is 11.8 Å². The minimum Gasteiger partial charge on any atom is -0.252 e. The molecule has 2 aromatic carbocycles. The maximum absolute atomic E-state index is 14.0.